The predicted molar refractivity (Wildman–Crippen MR) is 77.5 cm³/mol. The molecule has 0 radical (unpaired) electrons. The summed E-state index contributed by atoms with van der Waals surface area (Å²) in [6.45, 7) is 0.461. The second kappa shape index (κ2) is 6.28. The molecule has 1 aromatic heterocycles. The first-order chi connectivity index (χ1) is 9.93. The number of hydrogen-bond acceptors (Lipinski definition) is 3. The van der Waals surface area contributed by atoms with Gasteiger partial charge in [0.05, 0.1) is 11.6 Å². The minimum absolute atomic E-state index is 0.0963. The van der Waals surface area contributed by atoms with Gasteiger partial charge >= 0.3 is 5.97 Å². The van der Waals surface area contributed by atoms with E-state index < -0.39 is 11.4 Å². The molecule has 116 valence electrons. The van der Waals surface area contributed by atoms with E-state index in [9.17, 15) is 14.7 Å². The molecule has 1 aromatic rings. The predicted octanol–water partition coefficient (Wildman–Crippen LogP) is 1.80. The molecule has 0 unspecified atom stereocenters. The molecule has 0 atom stereocenters. The van der Waals surface area contributed by atoms with E-state index in [2.05, 4.69) is 5.10 Å². The van der Waals surface area contributed by atoms with Gasteiger partial charge in [-0.1, -0.05) is 19.3 Å². The largest absolute Gasteiger partial charge is 0.481 e. The van der Waals surface area contributed by atoms with E-state index in [1.807, 2.05) is 13.2 Å². The standard InChI is InChI=1S/C15H23N3O3/c1-17(10-12-9-16-18(2)11-12)13(19)8-15(14(20)21)6-4-3-5-7-15/h9,11H,3-8,10H2,1-2H3,(H,20,21). The molecule has 0 aromatic carbocycles. The average Bonchev–Trinajstić information content (AvgIpc) is 2.85. The van der Waals surface area contributed by atoms with Crippen LogP contribution in [-0.4, -0.2) is 38.7 Å². The lowest BCUT2D eigenvalue weighted by Gasteiger charge is -2.33. The smallest absolute Gasteiger partial charge is 0.310 e. The Morgan fingerprint density at radius 2 is 2.05 bits per heavy atom. The first-order valence-electron chi connectivity index (χ1n) is 7.38. The molecule has 1 saturated carbocycles. The zero-order valence-electron chi connectivity index (χ0n) is 12.7. The lowest BCUT2D eigenvalue weighted by Crippen LogP contribution is -2.39. The quantitative estimate of drug-likeness (QED) is 0.898. The summed E-state index contributed by atoms with van der Waals surface area (Å²) in [6.07, 6.45) is 7.74. The molecule has 2 rings (SSSR count). The van der Waals surface area contributed by atoms with Gasteiger partial charge in [-0.05, 0) is 12.8 Å². The van der Waals surface area contributed by atoms with Gasteiger partial charge in [0.2, 0.25) is 5.91 Å². The summed E-state index contributed by atoms with van der Waals surface area (Å²) in [4.78, 5) is 25.6. The molecule has 6 nitrogen and oxygen atoms in total. The van der Waals surface area contributed by atoms with E-state index in [0.717, 1.165) is 24.8 Å². The molecular weight excluding hydrogens is 270 g/mol. The number of amides is 1. The van der Waals surface area contributed by atoms with Crippen LogP contribution in [0.15, 0.2) is 12.4 Å². The number of carboxylic acids is 1. The van der Waals surface area contributed by atoms with E-state index >= 15 is 0 Å². The SMILES string of the molecule is CN(Cc1cnn(C)c1)C(=O)CC1(C(=O)O)CCCCC1. The highest BCUT2D eigenvalue weighted by Crippen LogP contribution is 2.40. The number of aliphatic carboxylic acids is 1. The Bertz CT molecular complexity index is 518. The molecule has 21 heavy (non-hydrogen) atoms. The molecule has 1 aliphatic carbocycles. The Balaban J connectivity index is 1.99. The van der Waals surface area contributed by atoms with Crippen molar-refractivity contribution in [2.24, 2.45) is 12.5 Å². The number of nitrogens with zero attached hydrogens (tertiary/aromatic N) is 3. The van der Waals surface area contributed by atoms with Crippen LogP contribution in [-0.2, 0) is 23.2 Å². The minimum atomic E-state index is -0.863. The second-order valence-electron chi connectivity index (χ2n) is 6.09. The van der Waals surface area contributed by atoms with E-state index in [4.69, 9.17) is 0 Å². The maximum atomic E-state index is 12.4. The van der Waals surface area contributed by atoms with Gasteiger partial charge in [0.25, 0.3) is 0 Å². The molecule has 1 heterocycles. The normalized spacial score (nSPS) is 17.4. The van der Waals surface area contributed by atoms with Gasteiger partial charge in [-0.2, -0.15) is 5.10 Å². The fourth-order valence-corrected chi connectivity index (χ4v) is 3.03. The summed E-state index contributed by atoms with van der Waals surface area (Å²) in [5.74, 6) is -0.937. The fourth-order valence-electron chi connectivity index (χ4n) is 3.03. The lowest BCUT2D eigenvalue weighted by molar-refractivity contribution is -0.155. The van der Waals surface area contributed by atoms with Crippen LogP contribution in [0.5, 0.6) is 0 Å². The third kappa shape index (κ3) is 3.62. The zero-order chi connectivity index (χ0) is 15.5. The molecule has 0 spiro atoms. The van der Waals surface area contributed by atoms with Crippen molar-refractivity contribution >= 4 is 11.9 Å². The number of hydrogen-bond donors (Lipinski definition) is 1. The van der Waals surface area contributed by atoms with Crippen molar-refractivity contribution in [3.8, 4) is 0 Å². The number of carboxylic acid groups (broad SMARTS) is 1. The summed E-state index contributed by atoms with van der Waals surface area (Å²) >= 11 is 0. The third-order valence-corrected chi connectivity index (χ3v) is 4.36. The average molecular weight is 293 g/mol. The Morgan fingerprint density at radius 3 is 2.57 bits per heavy atom. The molecule has 0 bridgehead atoms. The Hall–Kier alpha value is -1.85. The summed E-state index contributed by atoms with van der Waals surface area (Å²) < 4.78 is 1.69. The highest BCUT2D eigenvalue weighted by atomic mass is 16.4. The van der Waals surface area contributed by atoms with Crippen molar-refractivity contribution < 1.29 is 14.7 Å². The zero-order valence-corrected chi connectivity index (χ0v) is 12.7. The number of aryl methyl sites for hydroxylation is 1. The monoisotopic (exact) mass is 293 g/mol. The van der Waals surface area contributed by atoms with Crippen LogP contribution < -0.4 is 0 Å². The summed E-state index contributed by atoms with van der Waals surface area (Å²) in [6, 6.07) is 0. The second-order valence-corrected chi connectivity index (χ2v) is 6.09. The summed E-state index contributed by atoms with van der Waals surface area (Å²) in [5, 5.41) is 13.6. The van der Waals surface area contributed by atoms with Gasteiger partial charge in [-0.25, -0.2) is 0 Å². The van der Waals surface area contributed by atoms with Crippen molar-refractivity contribution in [2.45, 2.75) is 45.1 Å². The van der Waals surface area contributed by atoms with Crippen LogP contribution in [0.4, 0.5) is 0 Å². The number of rotatable bonds is 5. The van der Waals surface area contributed by atoms with E-state index in [1.54, 1.807) is 22.8 Å². The first-order valence-corrected chi connectivity index (χ1v) is 7.38. The van der Waals surface area contributed by atoms with Crippen LogP contribution in [0, 0.1) is 5.41 Å². The number of carbonyl (C=O) groups is 2. The maximum Gasteiger partial charge on any atom is 0.310 e. The minimum Gasteiger partial charge on any atom is -0.481 e. The Morgan fingerprint density at radius 1 is 1.38 bits per heavy atom. The first kappa shape index (κ1) is 15.5. The molecule has 1 fully saturated rings. The summed E-state index contributed by atoms with van der Waals surface area (Å²) in [5.41, 5.74) is 0.0831. The lowest BCUT2D eigenvalue weighted by atomic mass is 9.71. The molecule has 1 amide bonds. The van der Waals surface area contributed by atoms with Gasteiger partial charge in [0.1, 0.15) is 0 Å². The number of carbonyl (C=O) groups excluding carboxylic acids is 1. The Labute approximate surface area is 124 Å². The van der Waals surface area contributed by atoms with Crippen LogP contribution >= 0.6 is 0 Å². The van der Waals surface area contributed by atoms with Crippen molar-refractivity contribution in [2.75, 3.05) is 7.05 Å². The van der Waals surface area contributed by atoms with Gasteiger partial charge in [0.15, 0.2) is 0 Å². The third-order valence-electron chi connectivity index (χ3n) is 4.36. The maximum absolute atomic E-state index is 12.4. The van der Waals surface area contributed by atoms with Crippen LogP contribution in [0.3, 0.4) is 0 Å². The highest BCUT2D eigenvalue weighted by molar-refractivity contribution is 5.85. The molecular formula is C15H23N3O3. The van der Waals surface area contributed by atoms with Crippen molar-refractivity contribution in [3.63, 3.8) is 0 Å². The topological polar surface area (TPSA) is 75.4 Å². The number of aromatic nitrogens is 2. The van der Waals surface area contributed by atoms with Gasteiger partial charge in [-0.15, -0.1) is 0 Å². The molecule has 1 N–H and O–H groups in total. The molecule has 6 heteroatoms. The van der Waals surface area contributed by atoms with Crippen LogP contribution in [0.25, 0.3) is 0 Å². The van der Waals surface area contributed by atoms with Gasteiger partial charge in [0, 0.05) is 38.8 Å². The van der Waals surface area contributed by atoms with Crippen molar-refractivity contribution in [1.82, 2.24) is 14.7 Å². The molecule has 1 aliphatic rings. The summed E-state index contributed by atoms with van der Waals surface area (Å²) in [7, 11) is 3.54. The van der Waals surface area contributed by atoms with Crippen molar-refractivity contribution in [3.05, 3.63) is 18.0 Å². The fraction of sp³-hybridized carbons (Fsp3) is 0.667. The van der Waals surface area contributed by atoms with E-state index in [0.29, 0.717) is 19.4 Å². The van der Waals surface area contributed by atoms with Gasteiger partial charge < -0.3 is 10.0 Å². The van der Waals surface area contributed by atoms with Crippen LogP contribution in [0.2, 0.25) is 0 Å². The highest BCUT2D eigenvalue weighted by Gasteiger charge is 2.41. The Kier molecular flexibility index (Phi) is 4.65. The van der Waals surface area contributed by atoms with E-state index in [-0.39, 0.29) is 12.3 Å². The van der Waals surface area contributed by atoms with Crippen molar-refractivity contribution in [1.29, 1.82) is 0 Å². The van der Waals surface area contributed by atoms with Gasteiger partial charge in [-0.3, -0.25) is 14.3 Å². The van der Waals surface area contributed by atoms with E-state index in [1.165, 1.54) is 0 Å². The van der Waals surface area contributed by atoms with Crippen LogP contribution in [0.1, 0.15) is 44.1 Å². The molecule has 0 aliphatic heterocycles. The molecule has 0 saturated heterocycles.